The van der Waals surface area contributed by atoms with Crippen molar-refractivity contribution in [1.29, 1.82) is 0 Å². The van der Waals surface area contributed by atoms with Crippen molar-refractivity contribution >= 4 is 17.4 Å². The molecule has 0 unspecified atom stereocenters. The van der Waals surface area contributed by atoms with Crippen LogP contribution < -0.4 is 10.6 Å². The molecule has 1 aromatic rings. The monoisotopic (exact) mass is 310 g/mol. The Labute approximate surface area is 131 Å². The topological polar surface area (TPSA) is 61.4 Å². The minimum absolute atomic E-state index is 0.0826. The van der Waals surface area contributed by atoms with E-state index in [2.05, 4.69) is 30.5 Å². The minimum atomic E-state index is -0.181. The maximum absolute atomic E-state index is 12.1. The summed E-state index contributed by atoms with van der Waals surface area (Å²) in [6.45, 7) is 4.99. The van der Waals surface area contributed by atoms with Gasteiger partial charge in [0.15, 0.2) is 0 Å². The summed E-state index contributed by atoms with van der Waals surface area (Å²) in [5.74, 6) is 0.943. The van der Waals surface area contributed by atoms with Gasteiger partial charge >= 0.3 is 6.03 Å². The Balaban J connectivity index is 1.80. The summed E-state index contributed by atoms with van der Waals surface area (Å²) < 4.78 is 0. The zero-order valence-corrected chi connectivity index (χ0v) is 13.7. The molecule has 0 bridgehead atoms. The third-order valence-corrected chi connectivity index (χ3v) is 4.95. The van der Waals surface area contributed by atoms with Crippen LogP contribution in [0.25, 0.3) is 0 Å². The van der Waals surface area contributed by atoms with Gasteiger partial charge in [0.2, 0.25) is 0 Å². The van der Waals surface area contributed by atoms with E-state index in [-0.39, 0.29) is 18.2 Å². The normalized spacial score (nSPS) is 23.2. The van der Waals surface area contributed by atoms with Crippen LogP contribution in [0, 0.1) is 11.8 Å². The van der Waals surface area contributed by atoms with Crippen LogP contribution in [0.4, 0.5) is 4.79 Å². The van der Waals surface area contributed by atoms with Gasteiger partial charge in [0.25, 0.3) is 0 Å². The van der Waals surface area contributed by atoms with Crippen LogP contribution in [-0.2, 0) is 0 Å². The number of carbonyl (C=O) groups excluding carboxylic acids is 1. The fourth-order valence-electron chi connectivity index (χ4n) is 2.89. The number of amides is 2. The molecule has 5 heteroatoms. The summed E-state index contributed by atoms with van der Waals surface area (Å²) >= 11 is 1.68. The fraction of sp³-hybridized carbons (Fsp3) is 0.688. The van der Waals surface area contributed by atoms with Crippen molar-refractivity contribution in [3.8, 4) is 0 Å². The number of nitrogens with one attached hydrogen (secondary N) is 2. The van der Waals surface area contributed by atoms with Crippen LogP contribution >= 0.6 is 11.3 Å². The molecule has 3 N–H and O–H groups in total. The smallest absolute Gasteiger partial charge is 0.315 e. The summed E-state index contributed by atoms with van der Waals surface area (Å²) in [6, 6.07) is 4.08. The number of aliphatic hydroxyl groups is 1. The highest BCUT2D eigenvalue weighted by Gasteiger charge is 2.23. The molecule has 1 saturated carbocycles. The fourth-order valence-corrected chi connectivity index (χ4v) is 3.68. The van der Waals surface area contributed by atoms with Crippen LogP contribution in [0.5, 0.6) is 0 Å². The quantitative estimate of drug-likeness (QED) is 0.755. The molecule has 1 aliphatic carbocycles. The Morgan fingerprint density at radius 3 is 2.86 bits per heavy atom. The molecule has 0 saturated heterocycles. The standard InChI is InChI=1S/C16H26N2O2S/c1-11(2)8-14(15-4-3-7-21-15)18-16(20)17-10-12-5-6-13(19)9-12/h3-4,7,11-14,19H,5-6,8-10H2,1-2H3,(H2,17,18,20)/t12-,13-,14-/m0/s1. The Morgan fingerprint density at radius 1 is 1.48 bits per heavy atom. The molecule has 0 spiro atoms. The number of rotatable bonds is 6. The largest absolute Gasteiger partial charge is 0.393 e. The van der Waals surface area contributed by atoms with Crippen molar-refractivity contribution in [2.45, 2.75) is 51.7 Å². The lowest BCUT2D eigenvalue weighted by molar-refractivity contribution is 0.177. The van der Waals surface area contributed by atoms with Crippen molar-refractivity contribution in [1.82, 2.24) is 10.6 Å². The first-order chi connectivity index (χ1) is 10.0. The highest BCUT2D eigenvalue weighted by molar-refractivity contribution is 7.10. The molecule has 0 aromatic carbocycles. The average Bonchev–Trinajstić information content (AvgIpc) is 3.06. The second kappa shape index (κ2) is 7.80. The van der Waals surface area contributed by atoms with Gasteiger partial charge in [-0.25, -0.2) is 4.79 Å². The molecule has 118 valence electrons. The van der Waals surface area contributed by atoms with Crippen molar-refractivity contribution in [2.75, 3.05) is 6.54 Å². The Morgan fingerprint density at radius 2 is 2.29 bits per heavy atom. The third kappa shape index (κ3) is 5.32. The van der Waals surface area contributed by atoms with Gasteiger partial charge in [-0.15, -0.1) is 11.3 Å². The van der Waals surface area contributed by atoms with E-state index in [1.54, 1.807) is 11.3 Å². The number of carbonyl (C=O) groups is 1. The Hall–Kier alpha value is -1.07. The molecule has 21 heavy (non-hydrogen) atoms. The van der Waals surface area contributed by atoms with Crippen molar-refractivity contribution in [2.24, 2.45) is 11.8 Å². The minimum Gasteiger partial charge on any atom is -0.393 e. The predicted octanol–water partition coefficient (Wildman–Crippen LogP) is 3.30. The van der Waals surface area contributed by atoms with Gasteiger partial charge in [-0.3, -0.25) is 0 Å². The summed E-state index contributed by atoms with van der Waals surface area (Å²) in [7, 11) is 0. The first-order valence-electron chi connectivity index (χ1n) is 7.80. The van der Waals surface area contributed by atoms with Crippen molar-refractivity contribution in [3.63, 3.8) is 0 Å². The molecule has 2 amide bonds. The van der Waals surface area contributed by atoms with Crippen LogP contribution in [0.3, 0.4) is 0 Å². The van der Waals surface area contributed by atoms with Gasteiger partial charge in [-0.2, -0.15) is 0 Å². The van der Waals surface area contributed by atoms with Gasteiger partial charge in [0.1, 0.15) is 0 Å². The average molecular weight is 310 g/mol. The lowest BCUT2D eigenvalue weighted by Crippen LogP contribution is -2.40. The van der Waals surface area contributed by atoms with Crippen LogP contribution in [0.15, 0.2) is 17.5 Å². The van der Waals surface area contributed by atoms with E-state index in [0.29, 0.717) is 18.4 Å². The van der Waals surface area contributed by atoms with Crippen molar-refractivity contribution in [3.05, 3.63) is 22.4 Å². The van der Waals surface area contributed by atoms with Gasteiger partial charge < -0.3 is 15.7 Å². The third-order valence-electron chi connectivity index (χ3n) is 3.96. The number of thiophene rings is 1. The molecular weight excluding hydrogens is 284 g/mol. The Bertz CT molecular complexity index is 433. The first-order valence-corrected chi connectivity index (χ1v) is 8.68. The van der Waals surface area contributed by atoms with E-state index in [4.69, 9.17) is 0 Å². The van der Waals surface area contributed by atoms with Crippen molar-refractivity contribution < 1.29 is 9.90 Å². The number of aliphatic hydroxyl groups excluding tert-OH is 1. The SMILES string of the molecule is CC(C)C[C@H](NC(=O)NC[C@H]1CC[C@H](O)C1)c1cccs1. The van der Waals surface area contributed by atoms with E-state index >= 15 is 0 Å². The number of hydrogen-bond donors (Lipinski definition) is 3. The van der Waals surface area contributed by atoms with E-state index in [9.17, 15) is 9.90 Å². The summed E-state index contributed by atoms with van der Waals surface area (Å²) in [5, 5.41) is 17.6. The molecule has 1 fully saturated rings. The van der Waals surface area contributed by atoms with Crippen LogP contribution in [0.2, 0.25) is 0 Å². The maximum Gasteiger partial charge on any atom is 0.315 e. The van der Waals surface area contributed by atoms with E-state index in [1.165, 1.54) is 4.88 Å². The predicted molar refractivity (Wildman–Crippen MR) is 86.4 cm³/mol. The molecule has 1 heterocycles. The van der Waals surface area contributed by atoms with Crippen LogP contribution in [0.1, 0.15) is 50.4 Å². The lowest BCUT2D eigenvalue weighted by Gasteiger charge is -2.20. The molecule has 1 aliphatic rings. The molecule has 4 nitrogen and oxygen atoms in total. The van der Waals surface area contributed by atoms with Gasteiger partial charge in [0.05, 0.1) is 12.1 Å². The van der Waals surface area contributed by atoms with E-state index in [1.807, 2.05) is 11.4 Å². The molecule has 1 aromatic heterocycles. The molecule has 2 rings (SSSR count). The van der Waals surface area contributed by atoms with Gasteiger partial charge in [0, 0.05) is 11.4 Å². The molecule has 0 aliphatic heterocycles. The lowest BCUT2D eigenvalue weighted by atomic mass is 10.0. The summed E-state index contributed by atoms with van der Waals surface area (Å²) in [5.41, 5.74) is 0. The van der Waals surface area contributed by atoms with Gasteiger partial charge in [-0.05, 0) is 49.0 Å². The molecule has 3 atom stereocenters. The zero-order chi connectivity index (χ0) is 15.2. The zero-order valence-electron chi connectivity index (χ0n) is 12.8. The van der Waals surface area contributed by atoms with E-state index < -0.39 is 0 Å². The Kier molecular flexibility index (Phi) is 6.06. The second-order valence-corrected chi connectivity index (χ2v) is 7.36. The highest BCUT2D eigenvalue weighted by atomic mass is 32.1. The number of urea groups is 1. The van der Waals surface area contributed by atoms with E-state index in [0.717, 1.165) is 25.7 Å². The highest BCUT2D eigenvalue weighted by Crippen LogP contribution is 2.26. The maximum atomic E-state index is 12.1. The number of hydrogen-bond acceptors (Lipinski definition) is 3. The second-order valence-electron chi connectivity index (χ2n) is 6.38. The molecular formula is C16H26N2O2S. The summed E-state index contributed by atoms with van der Waals surface area (Å²) in [4.78, 5) is 13.3. The first kappa shape index (κ1) is 16.3. The molecule has 0 radical (unpaired) electrons. The summed E-state index contributed by atoms with van der Waals surface area (Å²) in [6.07, 6.45) is 3.43. The van der Waals surface area contributed by atoms with Gasteiger partial charge in [-0.1, -0.05) is 19.9 Å². The van der Waals surface area contributed by atoms with Crippen LogP contribution in [-0.4, -0.2) is 23.8 Å².